The molecule has 0 saturated carbocycles. The lowest BCUT2D eigenvalue weighted by Gasteiger charge is -1.94. The first kappa shape index (κ1) is 6.86. The van der Waals surface area contributed by atoms with Gasteiger partial charge in [-0.15, -0.1) is 0 Å². The number of hydrogen-bond acceptors (Lipinski definition) is 2. The van der Waals surface area contributed by atoms with Crippen LogP contribution >= 0.6 is 0 Å². The van der Waals surface area contributed by atoms with E-state index in [0.29, 0.717) is 5.46 Å². The number of nitrogens with zero attached hydrogens (tertiary/aromatic N) is 2. The molecule has 0 aliphatic heterocycles. The summed E-state index contributed by atoms with van der Waals surface area (Å²) in [7, 11) is 3.33. The van der Waals surface area contributed by atoms with Crippen molar-refractivity contribution in [3.8, 4) is 0 Å². The van der Waals surface area contributed by atoms with Crippen LogP contribution in [0.4, 0.5) is 0 Å². The molecule has 0 aliphatic rings. The third-order valence-electron chi connectivity index (χ3n) is 1.32. The molecule has 0 aromatic carbocycles. The van der Waals surface area contributed by atoms with Crippen LogP contribution in [0.25, 0.3) is 0 Å². The van der Waals surface area contributed by atoms with E-state index >= 15 is 0 Å². The van der Waals surface area contributed by atoms with Gasteiger partial charge in [0.2, 0.25) is 0 Å². The maximum absolute atomic E-state index is 10.4. The standard InChI is InChI=1S/C5H7BN2O2/c1-8-4(5(9)10)3(6)2-7-8/h2H,6H2,1H3,(H,9,10). The van der Waals surface area contributed by atoms with Crippen molar-refractivity contribution < 1.29 is 9.90 Å². The monoisotopic (exact) mass is 138 g/mol. The minimum atomic E-state index is -0.933. The van der Waals surface area contributed by atoms with Crippen LogP contribution in [0.5, 0.6) is 0 Å². The molecule has 10 heavy (non-hydrogen) atoms. The van der Waals surface area contributed by atoms with Crippen LogP contribution in [0.2, 0.25) is 0 Å². The molecule has 0 bridgehead atoms. The van der Waals surface area contributed by atoms with Gasteiger partial charge < -0.3 is 5.11 Å². The number of carboxylic acids is 1. The maximum atomic E-state index is 10.4. The minimum Gasteiger partial charge on any atom is -0.477 e. The van der Waals surface area contributed by atoms with Crippen molar-refractivity contribution in [2.45, 2.75) is 0 Å². The zero-order valence-corrected chi connectivity index (χ0v) is 5.83. The highest BCUT2D eigenvalue weighted by Crippen LogP contribution is 1.89. The molecule has 0 amide bonds. The second-order valence-electron chi connectivity index (χ2n) is 2.10. The van der Waals surface area contributed by atoms with E-state index in [4.69, 9.17) is 5.11 Å². The molecular formula is C5H7BN2O2. The van der Waals surface area contributed by atoms with Crippen LogP contribution in [0.1, 0.15) is 10.5 Å². The Labute approximate surface area is 58.9 Å². The molecule has 1 heterocycles. The van der Waals surface area contributed by atoms with Crippen LogP contribution in [0.3, 0.4) is 0 Å². The third kappa shape index (κ3) is 0.898. The molecule has 1 aromatic rings. The Morgan fingerprint density at radius 3 is 2.70 bits per heavy atom. The van der Waals surface area contributed by atoms with Crippen molar-refractivity contribution in [1.82, 2.24) is 9.78 Å². The van der Waals surface area contributed by atoms with E-state index in [-0.39, 0.29) is 5.69 Å². The second kappa shape index (κ2) is 2.17. The summed E-state index contributed by atoms with van der Waals surface area (Å²) in [4.78, 5) is 10.4. The van der Waals surface area contributed by atoms with Gasteiger partial charge in [0.1, 0.15) is 13.5 Å². The van der Waals surface area contributed by atoms with Gasteiger partial charge in [0.25, 0.3) is 0 Å². The quantitative estimate of drug-likeness (QED) is 0.474. The number of carbonyl (C=O) groups is 1. The summed E-state index contributed by atoms with van der Waals surface area (Å²) in [5.74, 6) is -0.933. The van der Waals surface area contributed by atoms with Crippen LogP contribution in [0.15, 0.2) is 6.20 Å². The molecule has 0 fully saturated rings. The van der Waals surface area contributed by atoms with Gasteiger partial charge >= 0.3 is 5.97 Å². The fraction of sp³-hybridized carbons (Fsp3) is 0.200. The van der Waals surface area contributed by atoms with E-state index in [1.54, 1.807) is 14.9 Å². The Kier molecular flexibility index (Phi) is 1.49. The SMILES string of the molecule is Bc1cnn(C)c1C(=O)O. The molecule has 0 saturated heterocycles. The molecule has 0 radical (unpaired) electrons. The fourth-order valence-corrected chi connectivity index (χ4v) is 0.854. The zero-order valence-electron chi connectivity index (χ0n) is 5.83. The highest BCUT2D eigenvalue weighted by Gasteiger charge is 2.10. The number of carboxylic acid groups (broad SMARTS) is 1. The Bertz CT molecular complexity index is 249. The zero-order chi connectivity index (χ0) is 7.72. The van der Waals surface area contributed by atoms with Crippen molar-refractivity contribution in [3.63, 3.8) is 0 Å². The van der Waals surface area contributed by atoms with E-state index in [2.05, 4.69) is 5.10 Å². The largest absolute Gasteiger partial charge is 0.477 e. The Hall–Kier alpha value is -1.26. The van der Waals surface area contributed by atoms with Crippen LogP contribution in [0, 0.1) is 0 Å². The topological polar surface area (TPSA) is 55.1 Å². The van der Waals surface area contributed by atoms with Gasteiger partial charge in [0.15, 0.2) is 0 Å². The average Bonchev–Trinajstić information content (AvgIpc) is 2.11. The molecule has 0 spiro atoms. The Morgan fingerprint density at radius 1 is 1.90 bits per heavy atom. The van der Waals surface area contributed by atoms with Crippen molar-refractivity contribution in [1.29, 1.82) is 0 Å². The summed E-state index contributed by atoms with van der Waals surface area (Å²) < 4.78 is 1.34. The predicted octanol–water partition coefficient (Wildman–Crippen LogP) is -1.62. The fourth-order valence-electron chi connectivity index (χ4n) is 0.854. The molecule has 4 nitrogen and oxygen atoms in total. The first-order valence-electron chi connectivity index (χ1n) is 2.85. The molecule has 1 rings (SSSR count). The van der Waals surface area contributed by atoms with Crippen molar-refractivity contribution in [2.24, 2.45) is 7.05 Å². The summed E-state index contributed by atoms with van der Waals surface area (Å²) in [5.41, 5.74) is 0.940. The second-order valence-corrected chi connectivity index (χ2v) is 2.10. The average molecular weight is 138 g/mol. The van der Waals surface area contributed by atoms with Gasteiger partial charge in [0, 0.05) is 13.2 Å². The Balaban J connectivity index is 3.23. The molecular weight excluding hydrogens is 131 g/mol. The third-order valence-corrected chi connectivity index (χ3v) is 1.32. The van der Waals surface area contributed by atoms with Crippen molar-refractivity contribution in [3.05, 3.63) is 11.9 Å². The number of aryl methyl sites for hydroxylation is 1. The molecule has 5 heteroatoms. The molecule has 0 atom stereocenters. The number of aromatic carboxylic acids is 1. The van der Waals surface area contributed by atoms with E-state index in [1.165, 1.54) is 10.9 Å². The maximum Gasteiger partial charge on any atom is 0.353 e. The van der Waals surface area contributed by atoms with Gasteiger partial charge in [-0.25, -0.2) is 4.79 Å². The van der Waals surface area contributed by atoms with Gasteiger partial charge in [0.05, 0.1) is 0 Å². The van der Waals surface area contributed by atoms with E-state index in [1.807, 2.05) is 0 Å². The molecule has 0 unspecified atom stereocenters. The van der Waals surface area contributed by atoms with Crippen molar-refractivity contribution in [2.75, 3.05) is 0 Å². The minimum absolute atomic E-state index is 0.250. The van der Waals surface area contributed by atoms with Gasteiger partial charge in [-0.1, -0.05) is 0 Å². The van der Waals surface area contributed by atoms with Gasteiger partial charge in [-0.05, 0) is 5.46 Å². The highest BCUT2D eigenvalue weighted by atomic mass is 16.4. The number of aromatic nitrogens is 2. The summed E-state index contributed by atoms with van der Waals surface area (Å²) in [6, 6.07) is 0. The first-order valence-corrected chi connectivity index (χ1v) is 2.85. The van der Waals surface area contributed by atoms with Gasteiger partial charge in [-0.2, -0.15) is 5.10 Å². The van der Waals surface area contributed by atoms with Crippen molar-refractivity contribution >= 4 is 19.3 Å². The van der Waals surface area contributed by atoms with Gasteiger partial charge in [-0.3, -0.25) is 4.68 Å². The lowest BCUT2D eigenvalue weighted by Crippen LogP contribution is -2.16. The highest BCUT2D eigenvalue weighted by molar-refractivity contribution is 6.35. The Morgan fingerprint density at radius 2 is 2.50 bits per heavy atom. The lowest BCUT2D eigenvalue weighted by molar-refractivity contribution is 0.0686. The van der Waals surface area contributed by atoms with E-state index in [9.17, 15) is 4.79 Å². The molecule has 0 aliphatic carbocycles. The molecule has 52 valence electrons. The van der Waals surface area contributed by atoms with Crippen LogP contribution < -0.4 is 5.46 Å². The molecule has 1 N–H and O–H groups in total. The summed E-state index contributed by atoms with van der Waals surface area (Å²) >= 11 is 0. The number of hydrogen-bond donors (Lipinski definition) is 1. The van der Waals surface area contributed by atoms with Crippen LogP contribution in [-0.2, 0) is 7.05 Å². The molecule has 1 aromatic heterocycles. The summed E-state index contributed by atoms with van der Waals surface area (Å²) in [5, 5.41) is 12.3. The predicted molar refractivity (Wildman–Crippen MR) is 38.3 cm³/mol. The normalized spacial score (nSPS) is 9.70. The van der Waals surface area contributed by atoms with E-state index < -0.39 is 5.97 Å². The smallest absolute Gasteiger partial charge is 0.353 e. The lowest BCUT2D eigenvalue weighted by atomic mass is 9.97. The van der Waals surface area contributed by atoms with Crippen LogP contribution in [-0.4, -0.2) is 28.7 Å². The first-order chi connectivity index (χ1) is 4.63. The van der Waals surface area contributed by atoms with E-state index in [0.717, 1.165) is 0 Å². The summed E-state index contributed by atoms with van der Waals surface area (Å²) in [6.45, 7) is 0. The number of rotatable bonds is 1. The summed E-state index contributed by atoms with van der Waals surface area (Å²) in [6.07, 6.45) is 1.53.